The molecule has 8 nitrogen and oxygen atoms in total. The number of carbonyl (C=O) groups excluding carboxylic acids is 2. The van der Waals surface area contributed by atoms with E-state index in [1.807, 2.05) is 37.3 Å². The highest BCUT2D eigenvalue weighted by atomic mass is 32.2. The Balaban J connectivity index is 1.60. The van der Waals surface area contributed by atoms with E-state index >= 15 is 0 Å². The molecule has 1 aliphatic rings. The summed E-state index contributed by atoms with van der Waals surface area (Å²) in [6, 6.07) is 17.9. The number of hydrogen-bond donors (Lipinski definition) is 2. The minimum absolute atomic E-state index is 0.0478. The average molecular weight is 479 g/mol. The van der Waals surface area contributed by atoms with E-state index < -0.39 is 22.0 Å². The summed E-state index contributed by atoms with van der Waals surface area (Å²) in [5.41, 5.74) is 2.31. The zero-order valence-corrected chi connectivity index (χ0v) is 19.7. The molecule has 2 unspecified atom stereocenters. The van der Waals surface area contributed by atoms with Gasteiger partial charge >= 0.3 is 0 Å². The van der Waals surface area contributed by atoms with Crippen LogP contribution < -0.4 is 14.9 Å². The Morgan fingerprint density at radius 1 is 1.09 bits per heavy atom. The quantitative estimate of drug-likeness (QED) is 0.543. The number of pyridine rings is 1. The highest BCUT2D eigenvalue weighted by Gasteiger charge is 2.32. The number of carbonyl (C=O) groups is 2. The van der Waals surface area contributed by atoms with Gasteiger partial charge in [-0.3, -0.25) is 9.59 Å². The van der Waals surface area contributed by atoms with E-state index in [4.69, 9.17) is 0 Å². The molecule has 1 aromatic heterocycles. The number of fused-ring (bicyclic) bond motifs is 1. The van der Waals surface area contributed by atoms with Gasteiger partial charge in [-0.15, -0.1) is 0 Å². The topological polar surface area (TPSA) is 108 Å². The minimum atomic E-state index is -4.03. The lowest BCUT2D eigenvalue weighted by Crippen LogP contribution is -2.45. The third-order valence-corrected chi connectivity index (χ3v) is 7.20. The van der Waals surface area contributed by atoms with Crippen molar-refractivity contribution in [2.24, 2.45) is 0 Å². The lowest BCUT2D eigenvalue weighted by atomic mass is 10.1. The molecule has 2 amide bonds. The fourth-order valence-corrected chi connectivity index (χ4v) is 5.44. The van der Waals surface area contributed by atoms with E-state index in [2.05, 4.69) is 15.0 Å². The van der Waals surface area contributed by atoms with E-state index in [0.717, 1.165) is 11.1 Å². The Morgan fingerprint density at radius 2 is 1.82 bits per heavy atom. The SMILES string of the molecule is CC(=O)N1c2ccc(S(=O)(=O)NC(Cc3ccccc3)C(=O)Nc3ccccn3)cc2CC1C. The number of aromatic nitrogens is 1. The Hall–Kier alpha value is -3.56. The van der Waals surface area contributed by atoms with Gasteiger partial charge in [0.15, 0.2) is 0 Å². The molecule has 2 heterocycles. The summed E-state index contributed by atoms with van der Waals surface area (Å²) in [6.45, 7) is 3.41. The van der Waals surface area contributed by atoms with Gasteiger partial charge in [0.1, 0.15) is 11.9 Å². The Morgan fingerprint density at radius 3 is 2.50 bits per heavy atom. The van der Waals surface area contributed by atoms with E-state index in [1.54, 1.807) is 41.4 Å². The predicted octanol–water partition coefficient (Wildman–Crippen LogP) is 2.91. The van der Waals surface area contributed by atoms with Gasteiger partial charge in [-0.25, -0.2) is 13.4 Å². The van der Waals surface area contributed by atoms with Crippen molar-refractivity contribution < 1.29 is 18.0 Å². The van der Waals surface area contributed by atoms with E-state index in [0.29, 0.717) is 17.9 Å². The summed E-state index contributed by atoms with van der Waals surface area (Å²) in [7, 11) is -4.03. The molecular formula is C25H26N4O4S. The number of anilines is 2. The predicted molar refractivity (Wildman–Crippen MR) is 130 cm³/mol. The van der Waals surface area contributed by atoms with Crippen molar-refractivity contribution in [2.45, 2.75) is 43.7 Å². The maximum absolute atomic E-state index is 13.3. The summed E-state index contributed by atoms with van der Waals surface area (Å²) < 4.78 is 29.2. The maximum atomic E-state index is 13.3. The van der Waals surface area contributed by atoms with Crippen molar-refractivity contribution >= 4 is 33.3 Å². The first kappa shape index (κ1) is 23.6. The molecule has 0 spiro atoms. The zero-order valence-electron chi connectivity index (χ0n) is 18.9. The fraction of sp³-hybridized carbons (Fsp3) is 0.240. The fourth-order valence-electron chi connectivity index (χ4n) is 4.20. The van der Waals surface area contributed by atoms with Crippen LogP contribution in [-0.2, 0) is 32.5 Å². The van der Waals surface area contributed by atoms with Crippen LogP contribution >= 0.6 is 0 Å². The van der Waals surface area contributed by atoms with Crippen molar-refractivity contribution in [1.82, 2.24) is 9.71 Å². The molecule has 0 bridgehead atoms. The van der Waals surface area contributed by atoms with Crippen LogP contribution in [0.3, 0.4) is 0 Å². The first-order chi connectivity index (χ1) is 16.2. The van der Waals surface area contributed by atoms with E-state index in [9.17, 15) is 18.0 Å². The van der Waals surface area contributed by atoms with Crippen molar-refractivity contribution in [1.29, 1.82) is 0 Å². The number of rotatable bonds is 7. The van der Waals surface area contributed by atoms with Gasteiger partial charge in [-0.1, -0.05) is 36.4 Å². The largest absolute Gasteiger partial charge is 0.309 e. The number of hydrogen-bond acceptors (Lipinski definition) is 5. The highest BCUT2D eigenvalue weighted by molar-refractivity contribution is 7.89. The van der Waals surface area contributed by atoms with Crippen molar-refractivity contribution in [3.05, 3.63) is 84.1 Å². The molecular weight excluding hydrogens is 452 g/mol. The van der Waals surface area contributed by atoms with Crippen LogP contribution in [0.4, 0.5) is 11.5 Å². The molecule has 176 valence electrons. The Kier molecular flexibility index (Phi) is 6.76. The summed E-state index contributed by atoms with van der Waals surface area (Å²) in [6.07, 6.45) is 2.27. The van der Waals surface area contributed by atoms with Gasteiger partial charge < -0.3 is 10.2 Å². The van der Waals surface area contributed by atoms with Gasteiger partial charge in [0.25, 0.3) is 0 Å². The van der Waals surface area contributed by atoms with Crippen LogP contribution in [0.2, 0.25) is 0 Å². The molecule has 0 saturated carbocycles. The zero-order chi connectivity index (χ0) is 24.3. The standard InChI is InChI=1S/C25H26N4O4S/c1-17-14-20-16-21(11-12-23(20)29(17)18(2)30)34(32,33)28-22(15-19-8-4-3-5-9-19)25(31)27-24-10-6-7-13-26-24/h3-13,16-17,22,28H,14-15H2,1-2H3,(H,26,27,31). The molecule has 2 N–H and O–H groups in total. The Labute approximate surface area is 199 Å². The molecule has 34 heavy (non-hydrogen) atoms. The first-order valence-corrected chi connectivity index (χ1v) is 12.4. The second-order valence-electron chi connectivity index (χ2n) is 8.30. The summed E-state index contributed by atoms with van der Waals surface area (Å²) in [5, 5.41) is 2.68. The average Bonchev–Trinajstić information content (AvgIpc) is 3.15. The van der Waals surface area contributed by atoms with Crippen LogP contribution in [-0.4, -0.2) is 37.3 Å². The summed E-state index contributed by atoms with van der Waals surface area (Å²) >= 11 is 0. The lowest BCUT2D eigenvalue weighted by molar-refractivity contribution is -0.118. The number of nitrogens with zero attached hydrogens (tertiary/aromatic N) is 2. The molecule has 0 saturated heterocycles. The Bertz CT molecular complexity index is 1300. The normalized spacial score (nSPS) is 16.1. The van der Waals surface area contributed by atoms with E-state index in [1.165, 1.54) is 13.0 Å². The third-order valence-electron chi connectivity index (χ3n) is 5.73. The molecule has 2 atom stereocenters. The molecule has 2 aromatic carbocycles. The summed E-state index contributed by atoms with van der Waals surface area (Å²) in [4.78, 5) is 30.8. The molecule has 9 heteroatoms. The first-order valence-electron chi connectivity index (χ1n) is 11.0. The van der Waals surface area contributed by atoms with Gasteiger partial charge in [0.2, 0.25) is 21.8 Å². The van der Waals surface area contributed by atoms with Crippen LogP contribution in [0.5, 0.6) is 0 Å². The van der Waals surface area contributed by atoms with Crippen molar-refractivity contribution in [3.8, 4) is 0 Å². The molecule has 4 rings (SSSR count). The molecule has 0 aliphatic carbocycles. The van der Waals surface area contributed by atoms with E-state index in [-0.39, 0.29) is 23.3 Å². The van der Waals surface area contributed by atoms with Gasteiger partial charge in [0.05, 0.1) is 4.90 Å². The van der Waals surface area contributed by atoms with Crippen LogP contribution in [0.25, 0.3) is 0 Å². The second-order valence-corrected chi connectivity index (χ2v) is 10.0. The number of amides is 2. The van der Waals surface area contributed by atoms with Gasteiger partial charge in [-0.05, 0) is 61.2 Å². The minimum Gasteiger partial charge on any atom is -0.309 e. The number of nitrogens with one attached hydrogen (secondary N) is 2. The smallest absolute Gasteiger partial charge is 0.244 e. The highest BCUT2D eigenvalue weighted by Crippen LogP contribution is 2.34. The summed E-state index contributed by atoms with van der Waals surface area (Å²) in [5.74, 6) is -0.265. The van der Waals surface area contributed by atoms with Crippen molar-refractivity contribution in [3.63, 3.8) is 0 Å². The van der Waals surface area contributed by atoms with Crippen LogP contribution in [0, 0.1) is 0 Å². The third kappa shape index (κ3) is 5.16. The molecule has 0 fully saturated rings. The van der Waals surface area contributed by atoms with Crippen LogP contribution in [0.1, 0.15) is 25.0 Å². The monoisotopic (exact) mass is 478 g/mol. The van der Waals surface area contributed by atoms with Crippen molar-refractivity contribution in [2.75, 3.05) is 10.2 Å². The molecule has 1 aliphatic heterocycles. The number of sulfonamides is 1. The molecule has 0 radical (unpaired) electrons. The maximum Gasteiger partial charge on any atom is 0.244 e. The van der Waals surface area contributed by atoms with Gasteiger partial charge in [0, 0.05) is 24.8 Å². The van der Waals surface area contributed by atoms with Gasteiger partial charge in [-0.2, -0.15) is 4.72 Å². The van der Waals surface area contributed by atoms with Crippen LogP contribution in [0.15, 0.2) is 77.8 Å². The number of benzene rings is 2. The molecule has 3 aromatic rings. The second kappa shape index (κ2) is 9.74. The lowest BCUT2D eigenvalue weighted by Gasteiger charge is -2.21.